The van der Waals surface area contributed by atoms with Gasteiger partial charge in [0, 0.05) is 37.3 Å². The summed E-state index contributed by atoms with van der Waals surface area (Å²) in [6.07, 6.45) is 0.961. The Kier molecular flexibility index (Phi) is 8.21. The number of hydrogen-bond donors (Lipinski definition) is 1. The molecule has 34 heavy (non-hydrogen) atoms. The Morgan fingerprint density at radius 3 is 2.74 bits per heavy atom. The number of rotatable bonds is 8. The highest BCUT2D eigenvalue weighted by Crippen LogP contribution is 2.17. The molecule has 2 aliphatic rings. The minimum Gasteiger partial charge on any atom is -0.449 e. The van der Waals surface area contributed by atoms with Crippen molar-refractivity contribution < 1.29 is 23.5 Å². The SMILES string of the molecule is O=C(Nc1cccc(CC(=O)N2CCC(c3cccc(F)c3)=N2)c1)OCCCN1CCOCC1. The van der Waals surface area contributed by atoms with Crippen LogP contribution in [0.5, 0.6) is 0 Å². The van der Waals surface area contributed by atoms with E-state index in [1.807, 2.05) is 6.07 Å². The lowest BCUT2D eigenvalue weighted by molar-refractivity contribution is -0.130. The third-order valence-electron chi connectivity index (χ3n) is 5.73. The predicted octanol–water partition coefficient (Wildman–Crippen LogP) is 3.28. The normalized spacial score (nSPS) is 16.3. The molecule has 0 aliphatic carbocycles. The second-order valence-corrected chi connectivity index (χ2v) is 8.27. The number of anilines is 1. The van der Waals surface area contributed by atoms with Crippen LogP contribution in [0.4, 0.5) is 14.9 Å². The molecule has 8 nitrogen and oxygen atoms in total. The first-order valence-electron chi connectivity index (χ1n) is 11.5. The van der Waals surface area contributed by atoms with Gasteiger partial charge < -0.3 is 9.47 Å². The van der Waals surface area contributed by atoms with Crippen LogP contribution in [-0.4, -0.2) is 73.6 Å². The quantitative estimate of drug-likeness (QED) is 0.602. The van der Waals surface area contributed by atoms with E-state index >= 15 is 0 Å². The molecule has 0 atom stereocenters. The lowest BCUT2D eigenvalue weighted by atomic mass is 10.1. The molecule has 180 valence electrons. The van der Waals surface area contributed by atoms with Crippen molar-refractivity contribution in [2.75, 3.05) is 51.3 Å². The van der Waals surface area contributed by atoms with E-state index in [-0.39, 0.29) is 18.1 Å². The molecule has 0 radical (unpaired) electrons. The molecule has 0 bridgehead atoms. The molecule has 2 amide bonds. The summed E-state index contributed by atoms with van der Waals surface area (Å²) < 4.78 is 24.1. The van der Waals surface area contributed by atoms with Crippen molar-refractivity contribution in [1.82, 2.24) is 9.91 Å². The Labute approximate surface area is 198 Å². The number of hydrogen-bond acceptors (Lipinski definition) is 6. The smallest absolute Gasteiger partial charge is 0.411 e. The van der Waals surface area contributed by atoms with Gasteiger partial charge in [-0.15, -0.1) is 0 Å². The molecule has 0 spiro atoms. The Morgan fingerprint density at radius 1 is 1.09 bits per heavy atom. The summed E-state index contributed by atoms with van der Waals surface area (Å²) in [6, 6.07) is 13.3. The molecule has 4 rings (SSSR count). The molecule has 1 fully saturated rings. The maximum absolute atomic E-state index is 13.5. The largest absolute Gasteiger partial charge is 0.449 e. The summed E-state index contributed by atoms with van der Waals surface area (Å²) in [5.41, 5.74) is 2.70. The molecule has 0 aromatic heterocycles. The van der Waals surface area contributed by atoms with Crippen LogP contribution in [0, 0.1) is 5.82 Å². The molecule has 2 aromatic carbocycles. The number of nitrogens with one attached hydrogen (secondary N) is 1. The predicted molar refractivity (Wildman–Crippen MR) is 126 cm³/mol. The maximum atomic E-state index is 13.5. The minimum atomic E-state index is -0.519. The fourth-order valence-electron chi connectivity index (χ4n) is 3.96. The van der Waals surface area contributed by atoms with E-state index in [4.69, 9.17) is 9.47 Å². The molecule has 9 heteroatoms. The molecule has 1 saturated heterocycles. The van der Waals surface area contributed by atoms with Gasteiger partial charge in [0.2, 0.25) is 5.91 Å². The number of halogens is 1. The number of benzene rings is 2. The second-order valence-electron chi connectivity index (χ2n) is 8.27. The number of ether oxygens (including phenoxy) is 2. The summed E-state index contributed by atoms with van der Waals surface area (Å²) in [6.45, 7) is 4.98. The fraction of sp³-hybridized carbons (Fsp3) is 0.400. The number of carbonyl (C=O) groups is 2. The van der Waals surface area contributed by atoms with Crippen molar-refractivity contribution in [3.05, 3.63) is 65.5 Å². The number of morpholine rings is 1. The zero-order valence-corrected chi connectivity index (χ0v) is 19.0. The van der Waals surface area contributed by atoms with E-state index < -0.39 is 6.09 Å². The van der Waals surface area contributed by atoms with Crippen molar-refractivity contribution in [1.29, 1.82) is 0 Å². The summed E-state index contributed by atoms with van der Waals surface area (Å²) in [5.74, 6) is -0.487. The van der Waals surface area contributed by atoms with E-state index in [0.717, 1.165) is 44.8 Å². The van der Waals surface area contributed by atoms with Crippen LogP contribution in [0.25, 0.3) is 0 Å². The van der Waals surface area contributed by atoms with Crippen molar-refractivity contribution in [2.24, 2.45) is 5.10 Å². The second kappa shape index (κ2) is 11.7. The fourth-order valence-corrected chi connectivity index (χ4v) is 3.96. The summed E-state index contributed by atoms with van der Waals surface area (Å²) in [7, 11) is 0. The zero-order chi connectivity index (χ0) is 23.8. The van der Waals surface area contributed by atoms with Gasteiger partial charge in [0.05, 0.1) is 38.5 Å². The Hall–Kier alpha value is -3.30. The van der Waals surface area contributed by atoms with Gasteiger partial charge in [-0.3, -0.25) is 15.0 Å². The number of hydrazone groups is 1. The van der Waals surface area contributed by atoms with Crippen molar-refractivity contribution >= 4 is 23.4 Å². The van der Waals surface area contributed by atoms with Crippen LogP contribution in [0.2, 0.25) is 0 Å². The van der Waals surface area contributed by atoms with Crippen molar-refractivity contribution in [2.45, 2.75) is 19.3 Å². The highest BCUT2D eigenvalue weighted by atomic mass is 19.1. The Bertz CT molecular complexity index is 1040. The van der Waals surface area contributed by atoms with E-state index in [2.05, 4.69) is 15.3 Å². The lowest BCUT2D eigenvalue weighted by Crippen LogP contribution is -2.37. The van der Waals surface area contributed by atoms with E-state index in [1.54, 1.807) is 30.3 Å². The van der Waals surface area contributed by atoms with Gasteiger partial charge in [0.15, 0.2) is 0 Å². The molecule has 2 aromatic rings. The standard InChI is InChI=1S/C25H29FN4O4/c26-21-6-2-5-20(18-21)23-8-10-30(28-23)24(31)17-19-4-1-7-22(16-19)27-25(32)34-13-3-9-29-11-14-33-15-12-29/h1-2,4-7,16,18H,3,8-15,17H2,(H,27,32). The first-order chi connectivity index (χ1) is 16.6. The zero-order valence-electron chi connectivity index (χ0n) is 19.0. The van der Waals surface area contributed by atoms with Gasteiger partial charge in [0.25, 0.3) is 0 Å². The van der Waals surface area contributed by atoms with Crippen molar-refractivity contribution in [3.8, 4) is 0 Å². The van der Waals surface area contributed by atoms with Crippen LogP contribution in [0.1, 0.15) is 24.0 Å². The van der Waals surface area contributed by atoms with Gasteiger partial charge in [-0.1, -0.05) is 24.3 Å². The molecule has 2 aliphatic heterocycles. The third-order valence-corrected chi connectivity index (χ3v) is 5.73. The van der Waals surface area contributed by atoms with Crippen LogP contribution < -0.4 is 5.32 Å². The number of carbonyl (C=O) groups excluding carboxylic acids is 2. The third kappa shape index (κ3) is 6.85. The van der Waals surface area contributed by atoms with Crippen molar-refractivity contribution in [3.63, 3.8) is 0 Å². The summed E-state index contributed by atoms with van der Waals surface area (Å²) in [4.78, 5) is 27.1. The Balaban J connectivity index is 1.23. The molecule has 2 heterocycles. The first kappa shape index (κ1) is 23.8. The van der Waals surface area contributed by atoms with Crippen LogP contribution in [0.3, 0.4) is 0 Å². The van der Waals surface area contributed by atoms with E-state index in [9.17, 15) is 14.0 Å². The van der Waals surface area contributed by atoms with E-state index in [0.29, 0.717) is 36.5 Å². The highest BCUT2D eigenvalue weighted by molar-refractivity contribution is 6.02. The molecule has 0 unspecified atom stereocenters. The number of amides is 2. The molecule has 0 saturated carbocycles. The van der Waals surface area contributed by atoms with Crippen LogP contribution in [-0.2, 0) is 20.7 Å². The Morgan fingerprint density at radius 2 is 1.91 bits per heavy atom. The highest BCUT2D eigenvalue weighted by Gasteiger charge is 2.22. The summed E-state index contributed by atoms with van der Waals surface area (Å²) in [5, 5.41) is 8.51. The number of nitrogens with zero attached hydrogens (tertiary/aromatic N) is 3. The average Bonchev–Trinajstić information content (AvgIpc) is 3.34. The van der Waals surface area contributed by atoms with Gasteiger partial charge in [-0.25, -0.2) is 14.2 Å². The lowest BCUT2D eigenvalue weighted by Gasteiger charge is -2.26. The molecule has 1 N–H and O–H groups in total. The van der Waals surface area contributed by atoms with Gasteiger partial charge in [0.1, 0.15) is 5.82 Å². The first-order valence-corrected chi connectivity index (χ1v) is 11.5. The van der Waals surface area contributed by atoms with Crippen LogP contribution in [0.15, 0.2) is 53.6 Å². The van der Waals surface area contributed by atoms with Crippen LogP contribution >= 0.6 is 0 Å². The average molecular weight is 469 g/mol. The maximum Gasteiger partial charge on any atom is 0.411 e. The molecular weight excluding hydrogens is 439 g/mol. The van der Waals surface area contributed by atoms with Gasteiger partial charge in [-0.2, -0.15) is 5.10 Å². The minimum absolute atomic E-state index is 0.143. The van der Waals surface area contributed by atoms with Gasteiger partial charge >= 0.3 is 6.09 Å². The van der Waals surface area contributed by atoms with Gasteiger partial charge in [-0.05, 0) is 36.2 Å². The summed E-state index contributed by atoms with van der Waals surface area (Å²) >= 11 is 0. The van der Waals surface area contributed by atoms with E-state index in [1.165, 1.54) is 17.1 Å². The monoisotopic (exact) mass is 468 g/mol. The topological polar surface area (TPSA) is 83.5 Å². The molecular formula is C25H29FN4O4.